The van der Waals surface area contributed by atoms with Crippen molar-refractivity contribution in [1.29, 1.82) is 0 Å². The summed E-state index contributed by atoms with van der Waals surface area (Å²) >= 11 is 0. The zero-order valence-electron chi connectivity index (χ0n) is 9.81. The Morgan fingerprint density at radius 3 is 3.00 bits per heavy atom. The van der Waals surface area contributed by atoms with Crippen LogP contribution in [0.2, 0.25) is 0 Å². The average Bonchev–Trinajstić information content (AvgIpc) is 2.66. The minimum atomic E-state index is 0.246. The molecule has 16 heavy (non-hydrogen) atoms. The Morgan fingerprint density at radius 1 is 1.56 bits per heavy atom. The molecule has 0 radical (unpaired) electrons. The first kappa shape index (κ1) is 11.1. The van der Waals surface area contributed by atoms with Crippen molar-refractivity contribution in [3.8, 4) is 0 Å². The number of likely N-dealkylation sites (tertiary alicyclic amines) is 1. The second-order valence-corrected chi connectivity index (χ2v) is 4.37. The highest BCUT2D eigenvalue weighted by molar-refractivity contribution is 5.76. The highest BCUT2D eigenvalue weighted by atomic mass is 16.2. The van der Waals surface area contributed by atoms with Gasteiger partial charge in [-0.25, -0.2) is 0 Å². The van der Waals surface area contributed by atoms with Gasteiger partial charge in [-0.3, -0.25) is 9.48 Å². The van der Waals surface area contributed by atoms with Crippen LogP contribution in [0.3, 0.4) is 0 Å². The minimum Gasteiger partial charge on any atom is -0.344 e. The van der Waals surface area contributed by atoms with E-state index in [4.69, 9.17) is 0 Å². The number of carbonyl (C=O) groups is 1. The van der Waals surface area contributed by atoms with E-state index in [1.54, 1.807) is 9.58 Å². The van der Waals surface area contributed by atoms with Gasteiger partial charge in [-0.15, -0.1) is 0 Å². The van der Waals surface area contributed by atoms with Gasteiger partial charge in [0, 0.05) is 45.8 Å². The number of hydrogen-bond donors (Lipinski definition) is 1. The standard InChI is InChI=1S/C11H18N4O/c1-14-8-10(3-4-11(14)16)12-7-9-5-6-15(2)13-9/h5-6,10,12H,3-4,7-8H2,1-2H3. The lowest BCUT2D eigenvalue weighted by atomic mass is 10.1. The zero-order valence-corrected chi connectivity index (χ0v) is 9.81. The summed E-state index contributed by atoms with van der Waals surface area (Å²) in [6.07, 6.45) is 3.51. The maximum Gasteiger partial charge on any atom is 0.222 e. The van der Waals surface area contributed by atoms with Gasteiger partial charge in [0.25, 0.3) is 0 Å². The molecule has 88 valence electrons. The van der Waals surface area contributed by atoms with Crippen LogP contribution < -0.4 is 5.32 Å². The van der Waals surface area contributed by atoms with Crippen LogP contribution in [-0.2, 0) is 18.4 Å². The summed E-state index contributed by atoms with van der Waals surface area (Å²) in [6, 6.07) is 2.40. The summed E-state index contributed by atoms with van der Waals surface area (Å²) in [4.78, 5) is 13.1. The lowest BCUT2D eigenvalue weighted by Gasteiger charge is -2.30. The molecule has 5 heteroatoms. The fourth-order valence-electron chi connectivity index (χ4n) is 1.99. The van der Waals surface area contributed by atoms with Crippen molar-refractivity contribution in [3.05, 3.63) is 18.0 Å². The molecule has 1 saturated heterocycles. The van der Waals surface area contributed by atoms with Crippen LogP contribution in [-0.4, -0.2) is 40.2 Å². The van der Waals surface area contributed by atoms with Gasteiger partial charge >= 0.3 is 0 Å². The fourth-order valence-corrected chi connectivity index (χ4v) is 1.99. The first-order valence-corrected chi connectivity index (χ1v) is 5.61. The molecule has 1 amide bonds. The Hall–Kier alpha value is -1.36. The van der Waals surface area contributed by atoms with Gasteiger partial charge in [0.1, 0.15) is 0 Å². The summed E-state index contributed by atoms with van der Waals surface area (Å²) in [5.74, 6) is 0.246. The van der Waals surface area contributed by atoms with E-state index in [9.17, 15) is 4.79 Å². The van der Waals surface area contributed by atoms with Crippen molar-refractivity contribution in [2.75, 3.05) is 13.6 Å². The van der Waals surface area contributed by atoms with E-state index in [1.165, 1.54) is 0 Å². The average molecular weight is 222 g/mol. The summed E-state index contributed by atoms with van der Waals surface area (Å²) in [5, 5.41) is 7.74. The SMILES string of the molecule is CN1CC(NCc2ccn(C)n2)CCC1=O. The van der Waals surface area contributed by atoms with Crippen LogP contribution in [0.25, 0.3) is 0 Å². The maximum atomic E-state index is 11.3. The molecule has 0 spiro atoms. The van der Waals surface area contributed by atoms with Crippen molar-refractivity contribution in [1.82, 2.24) is 20.0 Å². The molecule has 0 saturated carbocycles. The fraction of sp³-hybridized carbons (Fsp3) is 0.636. The van der Waals surface area contributed by atoms with Crippen molar-refractivity contribution < 1.29 is 4.79 Å². The smallest absolute Gasteiger partial charge is 0.222 e. The Balaban J connectivity index is 1.80. The molecule has 0 aromatic carbocycles. The van der Waals surface area contributed by atoms with E-state index >= 15 is 0 Å². The third kappa shape index (κ3) is 2.61. The molecule has 1 aliphatic heterocycles. The van der Waals surface area contributed by atoms with Crippen molar-refractivity contribution >= 4 is 5.91 Å². The van der Waals surface area contributed by atoms with Gasteiger partial charge in [0.2, 0.25) is 5.91 Å². The Labute approximate surface area is 95.4 Å². The van der Waals surface area contributed by atoms with Gasteiger partial charge < -0.3 is 10.2 Å². The summed E-state index contributed by atoms with van der Waals surface area (Å²) in [6.45, 7) is 1.57. The highest BCUT2D eigenvalue weighted by Gasteiger charge is 2.22. The van der Waals surface area contributed by atoms with Crippen molar-refractivity contribution in [2.45, 2.75) is 25.4 Å². The molecule has 5 nitrogen and oxygen atoms in total. The molecule has 1 aromatic heterocycles. The molecule has 2 heterocycles. The van der Waals surface area contributed by atoms with Gasteiger partial charge in [0.15, 0.2) is 0 Å². The highest BCUT2D eigenvalue weighted by Crippen LogP contribution is 2.10. The largest absolute Gasteiger partial charge is 0.344 e. The Bertz CT molecular complexity index is 374. The Morgan fingerprint density at radius 2 is 2.38 bits per heavy atom. The predicted molar refractivity (Wildman–Crippen MR) is 60.7 cm³/mol. The zero-order chi connectivity index (χ0) is 11.5. The van der Waals surface area contributed by atoms with E-state index in [1.807, 2.05) is 26.4 Å². The number of rotatable bonds is 3. The van der Waals surface area contributed by atoms with Crippen LogP contribution in [0, 0.1) is 0 Å². The van der Waals surface area contributed by atoms with Gasteiger partial charge in [-0.05, 0) is 12.5 Å². The number of amides is 1. The van der Waals surface area contributed by atoms with Crippen LogP contribution in [0.1, 0.15) is 18.5 Å². The molecule has 0 bridgehead atoms. The lowest BCUT2D eigenvalue weighted by molar-refractivity contribution is -0.132. The number of aromatic nitrogens is 2. The first-order valence-electron chi connectivity index (χ1n) is 5.61. The summed E-state index contributed by atoms with van der Waals surface area (Å²) in [5.41, 5.74) is 1.04. The van der Waals surface area contributed by atoms with E-state index < -0.39 is 0 Å². The normalized spacial score (nSPS) is 21.5. The topological polar surface area (TPSA) is 50.2 Å². The van der Waals surface area contributed by atoms with Crippen LogP contribution in [0.15, 0.2) is 12.3 Å². The molecule has 2 rings (SSSR count). The quantitative estimate of drug-likeness (QED) is 0.791. The number of carbonyl (C=O) groups excluding carboxylic acids is 1. The monoisotopic (exact) mass is 222 g/mol. The van der Waals surface area contributed by atoms with E-state index in [0.29, 0.717) is 12.5 Å². The number of likely N-dealkylation sites (N-methyl/N-ethyl adjacent to an activating group) is 1. The summed E-state index contributed by atoms with van der Waals surface area (Å²) in [7, 11) is 3.77. The maximum absolute atomic E-state index is 11.3. The van der Waals surface area contributed by atoms with Crippen LogP contribution in [0.5, 0.6) is 0 Å². The number of hydrogen-bond acceptors (Lipinski definition) is 3. The molecule has 1 aliphatic rings. The molecule has 1 atom stereocenters. The van der Waals surface area contributed by atoms with E-state index in [2.05, 4.69) is 10.4 Å². The third-order valence-electron chi connectivity index (χ3n) is 2.97. The number of aryl methyl sites for hydroxylation is 1. The van der Waals surface area contributed by atoms with Gasteiger partial charge in [-0.1, -0.05) is 0 Å². The third-order valence-corrected chi connectivity index (χ3v) is 2.97. The molecule has 0 aliphatic carbocycles. The first-order chi connectivity index (χ1) is 7.65. The molecular formula is C11H18N4O. The minimum absolute atomic E-state index is 0.246. The molecule has 1 fully saturated rings. The molecule has 1 unspecified atom stereocenters. The molecule has 1 N–H and O–H groups in total. The molecular weight excluding hydrogens is 204 g/mol. The second kappa shape index (κ2) is 4.65. The number of piperidine rings is 1. The van der Waals surface area contributed by atoms with Crippen LogP contribution >= 0.6 is 0 Å². The summed E-state index contributed by atoms with van der Waals surface area (Å²) < 4.78 is 1.80. The number of nitrogens with one attached hydrogen (secondary N) is 1. The van der Waals surface area contributed by atoms with Crippen molar-refractivity contribution in [2.24, 2.45) is 7.05 Å². The van der Waals surface area contributed by atoms with E-state index in [0.717, 1.165) is 25.2 Å². The van der Waals surface area contributed by atoms with Crippen LogP contribution in [0.4, 0.5) is 0 Å². The number of nitrogens with zero attached hydrogens (tertiary/aromatic N) is 3. The van der Waals surface area contributed by atoms with Gasteiger partial charge in [-0.2, -0.15) is 5.10 Å². The molecule has 1 aromatic rings. The van der Waals surface area contributed by atoms with Gasteiger partial charge in [0.05, 0.1) is 5.69 Å². The predicted octanol–water partition coefficient (Wildman–Crippen LogP) is 0.130. The lowest BCUT2D eigenvalue weighted by Crippen LogP contribution is -2.46. The second-order valence-electron chi connectivity index (χ2n) is 4.37. The van der Waals surface area contributed by atoms with E-state index in [-0.39, 0.29) is 5.91 Å². The van der Waals surface area contributed by atoms with Crippen molar-refractivity contribution in [3.63, 3.8) is 0 Å². The Kier molecular flexibility index (Phi) is 3.24.